The van der Waals surface area contributed by atoms with Crippen LogP contribution in [-0.4, -0.2) is 37.0 Å². The number of halogens is 2. The van der Waals surface area contributed by atoms with Gasteiger partial charge in [-0.2, -0.15) is 0 Å². The summed E-state index contributed by atoms with van der Waals surface area (Å²) in [6.45, 7) is 5.50. The van der Waals surface area contributed by atoms with Crippen molar-refractivity contribution >= 4 is 29.3 Å². The van der Waals surface area contributed by atoms with Crippen LogP contribution in [0.1, 0.15) is 29.0 Å². The summed E-state index contributed by atoms with van der Waals surface area (Å²) < 4.78 is 19.2. The van der Waals surface area contributed by atoms with E-state index in [0.29, 0.717) is 28.6 Å². The fourth-order valence-corrected chi connectivity index (χ4v) is 3.96. The van der Waals surface area contributed by atoms with Crippen LogP contribution in [0.25, 0.3) is 11.0 Å². The van der Waals surface area contributed by atoms with Gasteiger partial charge in [0.1, 0.15) is 11.4 Å². The Labute approximate surface area is 146 Å². The molecule has 2 fully saturated rings. The number of hydrogen-bond acceptors (Lipinski definition) is 3. The zero-order chi connectivity index (χ0) is 16.0. The van der Waals surface area contributed by atoms with E-state index in [9.17, 15) is 9.18 Å². The predicted octanol–water partition coefficient (Wildman–Crippen LogP) is 3.37. The maximum absolute atomic E-state index is 13.4. The quantitative estimate of drug-likeness (QED) is 0.855. The molecule has 1 amide bonds. The second-order valence-corrected chi connectivity index (χ2v) is 6.74. The molecule has 2 atom stereocenters. The average Bonchev–Trinajstić information content (AvgIpc) is 3.06. The van der Waals surface area contributed by atoms with Crippen molar-refractivity contribution in [2.24, 2.45) is 11.8 Å². The second kappa shape index (κ2) is 6.73. The lowest BCUT2D eigenvalue weighted by Gasteiger charge is -2.20. The highest BCUT2D eigenvalue weighted by molar-refractivity contribution is 5.98. The first-order chi connectivity index (χ1) is 11.1. The number of nitrogens with zero attached hydrogens (tertiary/aromatic N) is 1. The number of furan rings is 1. The molecule has 0 aliphatic carbocycles. The van der Waals surface area contributed by atoms with Gasteiger partial charge in [0, 0.05) is 24.0 Å². The molecule has 0 spiro atoms. The smallest absolute Gasteiger partial charge is 0.289 e. The van der Waals surface area contributed by atoms with Crippen molar-refractivity contribution in [3.05, 3.63) is 35.3 Å². The van der Waals surface area contributed by atoms with E-state index in [-0.39, 0.29) is 24.1 Å². The highest BCUT2D eigenvalue weighted by Gasteiger charge is 2.33. The Hall–Kier alpha value is -1.59. The number of amides is 1. The molecule has 0 radical (unpaired) electrons. The van der Waals surface area contributed by atoms with Crippen molar-refractivity contribution < 1.29 is 13.6 Å². The molecule has 24 heavy (non-hydrogen) atoms. The second-order valence-electron chi connectivity index (χ2n) is 6.74. The molecule has 1 aromatic carbocycles. The Morgan fingerprint density at radius 2 is 1.92 bits per heavy atom. The van der Waals surface area contributed by atoms with Gasteiger partial charge in [0.15, 0.2) is 5.76 Å². The van der Waals surface area contributed by atoms with E-state index in [4.69, 9.17) is 4.42 Å². The van der Waals surface area contributed by atoms with Gasteiger partial charge in [-0.25, -0.2) is 4.39 Å². The van der Waals surface area contributed by atoms with Crippen LogP contribution in [-0.2, 0) is 0 Å². The lowest BCUT2D eigenvalue weighted by atomic mass is 9.92. The number of fused-ring (bicyclic) bond motifs is 2. The summed E-state index contributed by atoms with van der Waals surface area (Å²) in [6, 6.07) is 4.38. The molecule has 3 heterocycles. The molecule has 6 heteroatoms. The van der Waals surface area contributed by atoms with E-state index in [1.165, 1.54) is 12.1 Å². The number of carbonyl (C=O) groups excluding carboxylic acids is 1. The highest BCUT2D eigenvalue weighted by Crippen LogP contribution is 2.30. The number of aryl methyl sites for hydroxylation is 1. The van der Waals surface area contributed by atoms with E-state index in [1.54, 1.807) is 6.07 Å². The summed E-state index contributed by atoms with van der Waals surface area (Å²) in [5, 5.41) is 4.13. The fourth-order valence-electron chi connectivity index (χ4n) is 3.96. The minimum atomic E-state index is -0.310. The van der Waals surface area contributed by atoms with Crippen molar-refractivity contribution in [3.8, 4) is 0 Å². The van der Waals surface area contributed by atoms with E-state index in [1.807, 2.05) is 11.8 Å². The largest absolute Gasteiger partial charge is 0.451 e. The van der Waals surface area contributed by atoms with Gasteiger partial charge in [-0.05, 0) is 62.9 Å². The number of benzene rings is 1. The predicted molar refractivity (Wildman–Crippen MR) is 93.1 cm³/mol. The molecule has 130 valence electrons. The summed E-state index contributed by atoms with van der Waals surface area (Å²) in [6.07, 6.45) is 2.08. The normalized spacial score (nSPS) is 23.7. The molecular formula is C18H22ClFN2O2. The summed E-state index contributed by atoms with van der Waals surface area (Å²) in [4.78, 5) is 14.8. The Bertz CT molecular complexity index is 747. The minimum Gasteiger partial charge on any atom is -0.451 e. The monoisotopic (exact) mass is 352 g/mol. The number of hydrogen-bond donors (Lipinski definition) is 1. The van der Waals surface area contributed by atoms with Crippen LogP contribution >= 0.6 is 12.4 Å². The number of carbonyl (C=O) groups is 1. The van der Waals surface area contributed by atoms with Gasteiger partial charge in [-0.15, -0.1) is 12.4 Å². The third kappa shape index (κ3) is 2.91. The van der Waals surface area contributed by atoms with Crippen LogP contribution in [0.3, 0.4) is 0 Å². The lowest BCUT2D eigenvalue weighted by molar-refractivity contribution is 0.0728. The molecule has 4 rings (SSSR count). The zero-order valence-electron chi connectivity index (χ0n) is 13.7. The zero-order valence-corrected chi connectivity index (χ0v) is 14.5. The van der Waals surface area contributed by atoms with Crippen molar-refractivity contribution in [3.63, 3.8) is 0 Å². The van der Waals surface area contributed by atoms with E-state index in [2.05, 4.69) is 5.32 Å². The summed E-state index contributed by atoms with van der Waals surface area (Å²) in [5.74, 6) is 1.34. The third-order valence-corrected chi connectivity index (χ3v) is 5.40. The van der Waals surface area contributed by atoms with Crippen molar-refractivity contribution in [1.82, 2.24) is 10.2 Å². The maximum atomic E-state index is 13.4. The molecule has 4 nitrogen and oxygen atoms in total. The van der Waals surface area contributed by atoms with Gasteiger partial charge in [-0.3, -0.25) is 4.79 Å². The molecule has 0 saturated carbocycles. The molecular weight excluding hydrogens is 331 g/mol. The van der Waals surface area contributed by atoms with Gasteiger partial charge in [0.25, 0.3) is 5.91 Å². The minimum absolute atomic E-state index is 0. The molecule has 2 aromatic rings. The highest BCUT2D eigenvalue weighted by atomic mass is 35.5. The molecule has 2 saturated heterocycles. The molecule has 2 aliphatic rings. The standard InChI is InChI=1S/C18H21FN2O2.ClH/c1-11-15-8-14(19)2-3-16(15)23-17(11)18(22)21-6-4-12-9-20-10-13(12)5-7-21;/h2-3,8,12-13,20H,4-7,9-10H2,1H3;1H/t12-,13+;. The molecule has 0 unspecified atom stereocenters. The van der Waals surface area contributed by atoms with E-state index < -0.39 is 0 Å². The van der Waals surface area contributed by atoms with Crippen LogP contribution < -0.4 is 5.32 Å². The van der Waals surface area contributed by atoms with Crippen LogP contribution in [0.4, 0.5) is 4.39 Å². The van der Waals surface area contributed by atoms with Crippen LogP contribution in [0.5, 0.6) is 0 Å². The van der Waals surface area contributed by atoms with E-state index in [0.717, 1.165) is 44.6 Å². The fraction of sp³-hybridized carbons (Fsp3) is 0.500. The van der Waals surface area contributed by atoms with Gasteiger partial charge >= 0.3 is 0 Å². The van der Waals surface area contributed by atoms with Gasteiger partial charge in [0.2, 0.25) is 0 Å². The first kappa shape index (κ1) is 17.2. The SMILES string of the molecule is Cc1c(C(=O)N2CC[C@@H]3CNC[C@@H]3CC2)oc2ccc(F)cc12.Cl. The Morgan fingerprint density at radius 1 is 1.25 bits per heavy atom. The summed E-state index contributed by atoms with van der Waals surface area (Å²) in [7, 11) is 0. The van der Waals surface area contributed by atoms with Crippen molar-refractivity contribution in [2.75, 3.05) is 26.2 Å². The Balaban J connectivity index is 0.00000169. The Morgan fingerprint density at radius 3 is 2.58 bits per heavy atom. The number of rotatable bonds is 1. The van der Waals surface area contributed by atoms with E-state index >= 15 is 0 Å². The van der Waals surface area contributed by atoms with Crippen LogP contribution in [0, 0.1) is 24.6 Å². The first-order valence-electron chi connectivity index (χ1n) is 8.32. The topological polar surface area (TPSA) is 45.5 Å². The molecule has 1 aromatic heterocycles. The van der Waals surface area contributed by atoms with Crippen LogP contribution in [0.2, 0.25) is 0 Å². The lowest BCUT2D eigenvalue weighted by Crippen LogP contribution is -2.32. The van der Waals surface area contributed by atoms with Gasteiger partial charge in [-0.1, -0.05) is 0 Å². The average molecular weight is 353 g/mol. The first-order valence-corrected chi connectivity index (χ1v) is 8.32. The number of likely N-dealkylation sites (tertiary alicyclic amines) is 1. The van der Waals surface area contributed by atoms with Crippen LogP contribution in [0.15, 0.2) is 22.6 Å². The van der Waals surface area contributed by atoms with Gasteiger partial charge < -0.3 is 14.6 Å². The number of nitrogens with one attached hydrogen (secondary N) is 1. The molecule has 2 aliphatic heterocycles. The summed E-state index contributed by atoms with van der Waals surface area (Å²) in [5.41, 5.74) is 1.30. The third-order valence-electron chi connectivity index (χ3n) is 5.40. The maximum Gasteiger partial charge on any atom is 0.289 e. The Kier molecular flexibility index (Phi) is 4.83. The van der Waals surface area contributed by atoms with Gasteiger partial charge in [0.05, 0.1) is 0 Å². The van der Waals surface area contributed by atoms with Crippen molar-refractivity contribution in [2.45, 2.75) is 19.8 Å². The molecule has 0 bridgehead atoms. The van der Waals surface area contributed by atoms with Crippen molar-refractivity contribution in [1.29, 1.82) is 0 Å². The summed E-state index contributed by atoms with van der Waals surface area (Å²) >= 11 is 0. The molecule has 1 N–H and O–H groups in total.